The lowest BCUT2D eigenvalue weighted by molar-refractivity contribution is 0.392. The fourth-order valence-corrected chi connectivity index (χ4v) is 0.954. The summed E-state index contributed by atoms with van der Waals surface area (Å²) >= 11 is 0. The molecule has 0 radical (unpaired) electrons. The van der Waals surface area contributed by atoms with E-state index in [1.165, 1.54) is 0 Å². The maximum Gasteiger partial charge on any atom is 0.216 e. The smallest absolute Gasteiger partial charge is 0.216 e. The highest BCUT2D eigenvalue weighted by Crippen LogP contribution is 2.12. The van der Waals surface area contributed by atoms with E-state index >= 15 is 0 Å². The molecule has 2 N–H and O–H groups in total. The summed E-state index contributed by atoms with van der Waals surface area (Å²) in [7, 11) is 1.61. The molecule has 0 unspecified atom stereocenters. The molecule has 0 atom stereocenters. The van der Waals surface area contributed by atoms with Crippen LogP contribution in [0.4, 0.5) is 0 Å². The summed E-state index contributed by atoms with van der Waals surface area (Å²) in [6.07, 6.45) is 2.52. The molecule has 3 nitrogen and oxygen atoms in total. The second-order valence-corrected chi connectivity index (χ2v) is 2.21. The van der Waals surface area contributed by atoms with Gasteiger partial charge in [-0.05, 0) is 19.0 Å². The summed E-state index contributed by atoms with van der Waals surface area (Å²) < 4.78 is 5.03. The first kappa shape index (κ1) is 10.9. The van der Waals surface area contributed by atoms with Gasteiger partial charge in [-0.3, -0.25) is 0 Å². The molecule has 12 heavy (non-hydrogen) atoms. The van der Waals surface area contributed by atoms with Crippen LogP contribution in [0, 0.1) is 0 Å². The zero-order valence-electron chi connectivity index (χ0n) is 6.58. The number of methoxy groups -OCH3 is 1. The second-order valence-electron chi connectivity index (χ2n) is 2.21. The predicted octanol–water partition coefficient (Wildman–Crippen LogP) is 1.23. The number of aromatic nitrogens is 1. The van der Waals surface area contributed by atoms with Crippen LogP contribution in [0.5, 0.6) is 5.88 Å². The Labute approximate surface area is 73.6 Å². The van der Waals surface area contributed by atoms with Gasteiger partial charge in [-0.1, -0.05) is 13.5 Å². The largest absolute Gasteiger partial charge is 0.481 e. The van der Waals surface area contributed by atoms with Gasteiger partial charge in [0.05, 0.1) is 7.11 Å². The van der Waals surface area contributed by atoms with Crippen molar-refractivity contribution >= 4 is 0 Å². The van der Waals surface area contributed by atoms with Gasteiger partial charge in [-0.15, -0.1) is 0 Å². The Morgan fingerprint density at radius 3 is 2.92 bits per heavy atom. The van der Waals surface area contributed by atoms with Gasteiger partial charge in [-0.2, -0.15) is 0 Å². The van der Waals surface area contributed by atoms with Crippen LogP contribution in [0.25, 0.3) is 0 Å². The van der Waals surface area contributed by atoms with Crippen molar-refractivity contribution in [3.63, 3.8) is 0 Å². The van der Waals surface area contributed by atoms with Crippen LogP contribution in [-0.4, -0.2) is 18.6 Å². The van der Waals surface area contributed by atoms with Crippen molar-refractivity contribution in [3.05, 3.63) is 23.9 Å². The van der Waals surface area contributed by atoms with Gasteiger partial charge in [0, 0.05) is 11.8 Å². The van der Waals surface area contributed by atoms with Crippen LogP contribution in [0.2, 0.25) is 0 Å². The molecule has 0 saturated heterocycles. The summed E-state index contributed by atoms with van der Waals surface area (Å²) in [6, 6.07) is 3.85. The van der Waals surface area contributed by atoms with Crippen molar-refractivity contribution in [1.29, 1.82) is 0 Å². The maximum absolute atomic E-state index is 5.40. The minimum Gasteiger partial charge on any atom is -0.481 e. The van der Waals surface area contributed by atoms with E-state index in [2.05, 4.69) is 4.98 Å². The molecule has 0 aliphatic heterocycles. The number of hydrogen-bond donors (Lipinski definition) is 1. The normalized spacial score (nSPS) is 8.83. The molecule has 1 aromatic heterocycles. The first-order valence-electron chi connectivity index (χ1n) is 3.56. The molecular weight excluding hydrogens is 152 g/mol. The third kappa shape index (κ3) is 2.51. The van der Waals surface area contributed by atoms with E-state index < -0.39 is 0 Å². The molecule has 0 spiro atoms. The fourth-order valence-electron chi connectivity index (χ4n) is 0.954. The molecule has 1 aromatic rings. The Morgan fingerprint density at radius 1 is 1.58 bits per heavy atom. The van der Waals surface area contributed by atoms with Crippen molar-refractivity contribution in [3.8, 4) is 5.88 Å². The van der Waals surface area contributed by atoms with E-state index in [4.69, 9.17) is 10.5 Å². The Bertz CT molecular complexity index is 226. The number of rotatable bonds is 3. The zero-order chi connectivity index (χ0) is 8.10. The minimum atomic E-state index is 0. The van der Waals surface area contributed by atoms with E-state index in [1.54, 1.807) is 13.3 Å². The highest BCUT2D eigenvalue weighted by Gasteiger charge is 1.99. The van der Waals surface area contributed by atoms with E-state index in [9.17, 15) is 0 Å². The van der Waals surface area contributed by atoms with Gasteiger partial charge in [0.25, 0.3) is 0 Å². The summed E-state index contributed by atoms with van der Waals surface area (Å²) in [6.45, 7) is 0.627. The third-order valence-electron chi connectivity index (χ3n) is 1.46. The molecule has 0 amide bonds. The van der Waals surface area contributed by atoms with E-state index in [-0.39, 0.29) is 7.43 Å². The Morgan fingerprint density at radius 2 is 2.33 bits per heavy atom. The average molecular weight is 168 g/mol. The van der Waals surface area contributed by atoms with Crippen molar-refractivity contribution in [1.82, 2.24) is 4.98 Å². The van der Waals surface area contributed by atoms with Crippen molar-refractivity contribution < 1.29 is 4.74 Å². The fraction of sp³-hybridized carbons (Fsp3) is 0.444. The van der Waals surface area contributed by atoms with E-state index in [0.717, 1.165) is 12.0 Å². The van der Waals surface area contributed by atoms with Gasteiger partial charge in [-0.25, -0.2) is 4.98 Å². The van der Waals surface area contributed by atoms with Crippen molar-refractivity contribution in [2.45, 2.75) is 13.8 Å². The lowest BCUT2D eigenvalue weighted by atomic mass is 10.2. The lowest BCUT2D eigenvalue weighted by Gasteiger charge is -2.03. The van der Waals surface area contributed by atoms with Gasteiger partial charge < -0.3 is 10.5 Å². The van der Waals surface area contributed by atoms with Gasteiger partial charge in [0.2, 0.25) is 5.88 Å². The first-order chi connectivity index (χ1) is 5.38. The number of nitrogens with two attached hydrogens (primary N) is 1. The van der Waals surface area contributed by atoms with Gasteiger partial charge in [0.1, 0.15) is 0 Å². The zero-order valence-corrected chi connectivity index (χ0v) is 6.58. The number of pyridine rings is 1. The topological polar surface area (TPSA) is 48.1 Å². The molecule has 0 aliphatic carbocycles. The summed E-state index contributed by atoms with van der Waals surface area (Å²) in [5, 5.41) is 0. The standard InChI is InChI=1S/C8H12N2O.CH4/c1-11-8-7(4-5-9)3-2-6-10-8;/h2-3,6H,4-5,9H2,1H3;1H4. The van der Waals surface area contributed by atoms with Crippen molar-refractivity contribution in [2.24, 2.45) is 5.73 Å². The highest BCUT2D eigenvalue weighted by molar-refractivity contribution is 5.25. The number of hydrogen-bond acceptors (Lipinski definition) is 3. The molecule has 1 heterocycles. The van der Waals surface area contributed by atoms with Gasteiger partial charge >= 0.3 is 0 Å². The van der Waals surface area contributed by atoms with Crippen LogP contribution < -0.4 is 10.5 Å². The van der Waals surface area contributed by atoms with E-state index in [1.807, 2.05) is 12.1 Å². The molecule has 0 bridgehead atoms. The summed E-state index contributed by atoms with van der Waals surface area (Å²) in [4.78, 5) is 4.04. The second kappa shape index (κ2) is 5.55. The molecule has 1 rings (SSSR count). The van der Waals surface area contributed by atoms with Crippen LogP contribution >= 0.6 is 0 Å². The molecule has 3 heteroatoms. The van der Waals surface area contributed by atoms with Crippen LogP contribution in [0.3, 0.4) is 0 Å². The van der Waals surface area contributed by atoms with Crippen LogP contribution in [0.1, 0.15) is 13.0 Å². The minimum absolute atomic E-state index is 0. The molecule has 68 valence electrons. The van der Waals surface area contributed by atoms with Crippen LogP contribution in [-0.2, 0) is 6.42 Å². The first-order valence-corrected chi connectivity index (χ1v) is 3.56. The molecule has 0 fully saturated rings. The molecular formula is C9H16N2O. The number of nitrogens with zero attached hydrogens (tertiary/aromatic N) is 1. The van der Waals surface area contributed by atoms with Crippen molar-refractivity contribution in [2.75, 3.05) is 13.7 Å². The lowest BCUT2D eigenvalue weighted by Crippen LogP contribution is -2.04. The quantitative estimate of drug-likeness (QED) is 0.738. The maximum atomic E-state index is 5.40. The summed E-state index contributed by atoms with van der Waals surface area (Å²) in [5.74, 6) is 0.679. The molecule has 0 saturated carbocycles. The monoisotopic (exact) mass is 168 g/mol. The Kier molecular flexibility index (Phi) is 5.04. The number of ether oxygens (including phenoxy) is 1. The van der Waals surface area contributed by atoms with Gasteiger partial charge in [0.15, 0.2) is 0 Å². The average Bonchev–Trinajstić information content (AvgIpc) is 2.06. The molecule has 0 aliphatic rings. The SMILES string of the molecule is C.COc1ncccc1CCN. The Balaban J connectivity index is 0.00000121. The third-order valence-corrected chi connectivity index (χ3v) is 1.46. The van der Waals surface area contributed by atoms with E-state index in [0.29, 0.717) is 12.4 Å². The Hall–Kier alpha value is -1.09. The molecule has 0 aromatic carbocycles. The highest BCUT2D eigenvalue weighted by atomic mass is 16.5. The predicted molar refractivity (Wildman–Crippen MR) is 50.3 cm³/mol. The van der Waals surface area contributed by atoms with Crippen LogP contribution in [0.15, 0.2) is 18.3 Å². The summed E-state index contributed by atoms with van der Waals surface area (Å²) in [5.41, 5.74) is 6.47.